The summed E-state index contributed by atoms with van der Waals surface area (Å²) in [4.78, 5) is 0. The Morgan fingerprint density at radius 1 is 1.44 bits per heavy atom. The first-order valence-corrected chi connectivity index (χ1v) is 7.07. The van der Waals surface area contributed by atoms with Crippen molar-refractivity contribution in [2.24, 2.45) is 7.05 Å². The van der Waals surface area contributed by atoms with Gasteiger partial charge in [-0.15, -0.1) is 0 Å². The van der Waals surface area contributed by atoms with Crippen molar-refractivity contribution >= 4 is 26.8 Å². The van der Waals surface area contributed by atoms with Crippen LogP contribution in [-0.4, -0.2) is 18.2 Å². The molecule has 96 valence electrons. The molecule has 0 bridgehead atoms. The van der Waals surface area contributed by atoms with Gasteiger partial charge < -0.3 is 14.6 Å². The SMILES string of the molecule is COc1ccc2c(Br)c(C3CCCN3)n(C)c2c1. The standard InChI is InChI=1S/C14H17BrN2O/c1-17-12-8-9(18-2)5-6-10(12)13(15)14(17)11-4-3-7-16-11/h5-6,8,11,16H,3-4,7H2,1-2H3. The van der Waals surface area contributed by atoms with Gasteiger partial charge in [-0.25, -0.2) is 0 Å². The fourth-order valence-electron chi connectivity index (χ4n) is 2.82. The third-order valence-electron chi connectivity index (χ3n) is 3.78. The molecule has 0 saturated carbocycles. The summed E-state index contributed by atoms with van der Waals surface area (Å²) in [6.07, 6.45) is 2.46. The van der Waals surface area contributed by atoms with E-state index in [0.717, 1.165) is 12.3 Å². The fourth-order valence-corrected chi connectivity index (χ4v) is 3.70. The Kier molecular flexibility index (Phi) is 3.08. The number of hydrogen-bond acceptors (Lipinski definition) is 2. The van der Waals surface area contributed by atoms with Crippen LogP contribution in [0.2, 0.25) is 0 Å². The number of fused-ring (bicyclic) bond motifs is 1. The van der Waals surface area contributed by atoms with Crippen molar-refractivity contribution in [2.75, 3.05) is 13.7 Å². The van der Waals surface area contributed by atoms with Crippen molar-refractivity contribution < 1.29 is 4.74 Å². The molecule has 1 aromatic heterocycles. The highest BCUT2D eigenvalue weighted by molar-refractivity contribution is 9.10. The van der Waals surface area contributed by atoms with Crippen molar-refractivity contribution in [3.63, 3.8) is 0 Å². The van der Waals surface area contributed by atoms with Crippen molar-refractivity contribution in [1.82, 2.24) is 9.88 Å². The average molecular weight is 309 g/mol. The Labute approximate surface area is 115 Å². The van der Waals surface area contributed by atoms with Gasteiger partial charge in [-0.3, -0.25) is 0 Å². The molecule has 0 aliphatic carbocycles. The molecule has 1 saturated heterocycles. The Morgan fingerprint density at radius 2 is 2.28 bits per heavy atom. The van der Waals surface area contributed by atoms with Crippen LogP contribution in [0.5, 0.6) is 5.75 Å². The minimum Gasteiger partial charge on any atom is -0.497 e. The number of aryl methyl sites for hydroxylation is 1. The Morgan fingerprint density at radius 3 is 2.94 bits per heavy atom. The lowest BCUT2D eigenvalue weighted by molar-refractivity contribution is 0.415. The van der Waals surface area contributed by atoms with Gasteiger partial charge in [0, 0.05) is 34.7 Å². The lowest BCUT2D eigenvalue weighted by Gasteiger charge is -2.13. The molecular weight excluding hydrogens is 292 g/mol. The van der Waals surface area contributed by atoms with Gasteiger partial charge in [-0.05, 0) is 47.4 Å². The topological polar surface area (TPSA) is 26.2 Å². The van der Waals surface area contributed by atoms with Gasteiger partial charge in [-0.2, -0.15) is 0 Å². The predicted octanol–water partition coefficient (Wildman–Crippen LogP) is 3.37. The van der Waals surface area contributed by atoms with E-state index < -0.39 is 0 Å². The van der Waals surface area contributed by atoms with E-state index in [9.17, 15) is 0 Å². The summed E-state index contributed by atoms with van der Waals surface area (Å²) in [6, 6.07) is 6.69. The minimum atomic E-state index is 0.461. The number of nitrogens with one attached hydrogen (secondary N) is 1. The number of benzene rings is 1. The number of methoxy groups -OCH3 is 1. The highest BCUT2D eigenvalue weighted by Gasteiger charge is 2.24. The van der Waals surface area contributed by atoms with Crippen LogP contribution in [0.3, 0.4) is 0 Å². The number of ether oxygens (including phenoxy) is 1. The van der Waals surface area contributed by atoms with E-state index in [2.05, 4.69) is 45.0 Å². The Bertz CT molecular complexity index is 585. The number of aromatic nitrogens is 1. The highest BCUT2D eigenvalue weighted by Crippen LogP contribution is 2.38. The van der Waals surface area contributed by atoms with Gasteiger partial charge >= 0.3 is 0 Å². The lowest BCUT2D eigenvalue weighted by Crippen LogP contribution is -2.16. The summed E-state index contributed by atoms with van der Waals surface area (Å²) < 4.78 is 8.79. The predicted molar refractivity (Wildman–Crippen MR) is 77.1 cm³/mol. The number of hydrogen-bond donors (Lipinski definition) is 1. The van der Waals surface area contributed by atoms with Crippen LogP contribution in [0.4, 0.5) is 0 Å². The first kappa shape index (κ1) is 12.1. The van der Waals surface area contributed by atoms with Crippen LogP contribution < -0.4 is 10.1 Å². The second-order valence-electron chi connectivity index (χ2n) is 4.79. The number of rotatable bonds is 2. The van der Waals surface area contributed by atoms with Crippen LogP contribution >= 0.6 is 15.9 Å². The highest BCUT2D eigenvalue weighted by atomic mass is 79.9. The van der Waals surface area contributed by atoms with Crippen molar-refractivity contribution in [2.45, 2.75) is 18.9 Å². The lowest BCUT2D eigenvalue weighted by atomic mass is 10.1. The maximum absolute atomic E-state index is 5.31. The molecule has 2 aromatic rings. The molecule has 2 heterocycles. The summed E-state index contributed by atoms with van der Waals surface area (Å²) >= 11 is 3.76. The van der Waals surface area contributed by atoms with E-state index in [4.69, 9.17) is 4.74 Å². The third-order valence-corrected chi connectivity index (χ3v) is 4.61. The zero-order valence-electron chi connectivity index (χ0n) is 10.7. The van der Waals surface area contributed by atoms with Crippen LogP contribution in [0.25, 0.3) is 10.9 Å². The van der Waals surface area contributed by atoms with Gasteiger partial charge in [0.05, 0.1) is 12.6 Å². The zero-order chi connectivity index (χ0) is 12.7. The average Bonchev–Trinajstić information content (AvgIpc) is 2.98. The molecule has 1 unspecified atom stereocenters. The second-order valence-corrected chi connectivity index (χ2v) is 5.58. The molecular formula is C14H17BrN2O. The van der Waals surface area contributed by atoms with Gasteiger partial charge in [0.2, 0.25) is 0 Å². The van der Waals surface area contributed by atoms with Crippen molar-refractivity contribution in [1.29, 1.82) is 0 Å². The van der Waals surface area contributed by atoms with E-state index in [1.165, 1.54) is 33.9 Å². The van der Waals surface area contributed by atoms with Crippen LogP contribution in [0.1, 0.15) is 24.6 Å². The monoisotopic (exact) mass is 308 g/mol. The van der Waals surface area contributed by atoms with E-state index in [0.29, 0.717) is 6.04 Å². The minimum absolute atomic E-state index is 0.461. The quantitative estimate of drug-likeness (QED) is 0.920. The van der Waals surface area contributed by atoms with Gasteiger partial charge in [0.1, 0.15) is 5.75 Å². The molecule has 0 spiro atoms. The Balaban J connectivity index is 2.20. The van der Waals surface area contributed by atoms with Gasteiger partial charge in [-0.1, -0.05) is 0 Å². The molecule has 0 radical (unpaired) electrons. The largest absolute Gasteiger partial charge is 0.497 e. The first-order valence-electron chi connectivity index (χ1n) is 6.27. The molecule has 3 nitrogen and oxygen atoms in total. The fraction of sp³-hybridized carbons (Fsp3) is 0.429. The maximum atomic E-state index is 5.31. The van der Waals surface area contributed by atoms with Crippen LogP contribution in [-0.2, 0) is 7.05 Å². The summed E-state index contributed by atoms with van der Waals surface area (Å²) in [5.74, 6) is 0.904. The normalized spacial score (nSPS) is 19.6. The van der Waals surface area contributed by atoms with Gasteiger partial charge in [0.25, 0.3) is 0 Å². The molecule has 0 amide bonds. The molecule has 1 fully saturated rings. The molecule has 1 aromatic carbocycles. The maximum Gasteiger partial charge on any atom is 0.120 e. The summed E-state index contributed by atoms with van der Waals surface area (Å²) in [5, 5.41) is 4.81. The molecule has 1 aliphatic rings. The first-order chi connectivity index (χ1) is 8.72. The summed E-state index contributed by atoms with van der Waals surface area (Å²) in [5.41, 5.74) is 2.56. The summed E-state index contributed by atoms with van der Waals surface area (Å²) in [6.45, 7) is 1.11. The molecule has 4 heteroatoms. The molecule has 1 aliphatic heterocycles. The molecule has 18 heavy (non-hydrogen) atoms. The smallest absolute Gasteiger partial charge is 0.120 e. The van der Waals surface area contributed by atoms with Crippen LogP contribution in [0, 0.1) is 0 Å². The van der Waals surface area contributed by atoms with E-state index in [1.807, 2.05) is 6.07 Å². The summed E-state index contributed by atoms with van der Waals surface area (Å²) in [7, 11) is 3.83. The van der Waals surface area contributed by atoms with E-state index in [1.54, 1.807) is 7.11 Å². The third kappa shape index (κ3) is 1.75. The number of halogens is 1. The van der Waals surface area contributed by atoms with Crippen LogP contribution in [0.15, 0.2) is 22.7 Å². The molecule has 1 atom stereocenters. The molecule has 3 rings (SSSR count). The number of nitrogens with zero attached hydrogens (tertiary/aromatic N) is 1. The van der Waals surface area contributed by atoms with E-state index in [-0.39, 0.29) is 0 Å². The van der Waals surface area contributed by atoms with Crippen molar-refractivity contribution in [3.8, 4) is 5.75 Å². The zero-order valence-corrected chi connectivity index (χ0v) is 12.3. The van der Waals surface area contributed by atoms with E-state index >= 15 is 0 Å². The second kappa shape index (κ2) is 4.59. The van der Waals surface area contributed by atoms with Crippen molar-refractivity contribution in [3.05, 3.63) is 28.4 Å². The van der Waals surface area contributed by atoms with Gasteiger partial charge in [0.15, 0.2) is 0 Å². The Hall–Kier alpha value is -1.00. The molecule has 1 N–H and O–H groups in total.